The number of piperidine rings is 1. The minimum atomic E-state index is -0.332. The summed E-state index contributed by atoms with van der Waals surface area (Å²) in [6, 6.07) is -0.308. The molecule has 0 saturated carbocycles. The molecule has 0 radical (unpaired) electrons. The molecule has 6 heteroatoms. The zero-order valence-corrected chi connectivity index (χ0v) is 13.1. The van der Waals surface area contributed by atoms with E-state index in [0.717, 1.165) is 38.6 Å². The number of rotatable bonds is 5. The van der Waals surface area contributed by atoms with Gasteiger partial charge in [-0.2, -0.15) is 0 Å². The van der Waals surface area contributed by atoms with E-state index in [1.807, 2.05) is 14.1 Å². The lowest BCUT2D eigenvalue weighted by atomic mass is 9.99. The Morgan fingerprint density at radius 3 is 2.76 bits per heavy atom. The number of likely N-dealkylation sites (tertiary alicyclic amines) is 1. The van der Waals surface area contributed by atoms with Crippen LogP contribution in [-0.2, 0) is 14.3 Å². The molecule has 6 nitrogen and oxygen atoms in total. The summed E-state index contributed by atoms with van der Waals surface area (Å²) in [7, 11) is 3.68. The van der Waals surface area contributed by atoms with Gasteiger partial charge in [-0.1, -0.05) is 0 Å². The van der Waals surface area contributed by atoms with Gasteiger partial charge in [0.2, 0.25) is 5.91 Å². The first-order valence-corrected chi connectivity index (χ1v) is 7.97. The van der Waals surface area contributed by atoms with Crippen LogP contribution in [0.2, 0.25) is 0 Å². The lowest BCUT2D eigenvalue weighted by Gasteiger charge is -2.37. The lowest BCUT2D eigenvalue weighted by molar-refractivity contribution is -0.152. The lowest BCUT2D eigenvalue weighted by Crippen LogP contribution is -2.55. The summed E-state index contributed by atoms with van der Waals surface area (Å²) in [5, 5.41) is 3.04. The summed E-state index contributed by atoms with van der Waals surface area (Å²) in [6.45, 7) is 2.75. The Balaban J connectivity index is 2.00. The summed E-state index contributed by atoms with van der Waals surface area (Å²) in [5.74, 6) is 0.0591. The summed E-state index contributed by atoms with van der Waals surface area (Å²) < 4.78 is 5.50. The summed E-state index contributed by atoms with van der Waals surface area (Å²) in [4.78, 5) is 28.7. The van der Waals surface area contributed by atoms with Gasteiger partial charge in [0.05, 0.1) is 0 Å². The second-order valence-electron chi connectivity index (χ2n) is 5.91. The smallest absolute Gasteiger partial charge is 0.252 e. The molecule has 0 aromatic carbocycles. The number of hydrogen-bond donors (Lipinski definition) is 1. The standard InChI is InChI=1S/C15H27N3O3/c1-16-8-10-17(2)14(19)12-6-3-4-9-18(12)15(20)13-7-5-11-21-13/h12-13,16H,3-11H2,1-2H3. The fraction of sp³-hybridized carbons (Fsp3) is 0.867. The van der Waals surface area contributed by atoms with E-state index in [0.29, 0.717) is 19.7 Å². The molecule has 2 rings (SSSR count). The van der Waals surface area contributed by atoms with E-state index in [1.165, 1.54) is 0 Å². The van der Waals surface area contributed by atoms with Gasteiger partial charge < -0.3 is 19.9 Å². The predicted molar refractivity (Wildman–Crippen MR) is 79.9 cm³/mol. The second-order valence-corrected chi connectivity index (χ2v) is 5.91. The highest BCUT2D eigenvalue weighted by Gasteiger charge is 2.37. The number of carbonyl (C=O) groups excluding carboxylic acids is 2. The average molecular weight is 297 g/mol. The molecule has 0 aromatic rings. The van der Waals surface area contributed by atoms with Crippen LogP contribution >= 0.6 is 0 Å². The number of nitrogens with zero attached hydrogens (tertiary/aromatic N) is 2. The van der Waals surface area contributed by atoms with Crippen molar-refractivity contribution >= 4 is 11.8 Å². The van der Waals surface area contributed by atoms with Crippen LogP contribution in [0.4, 0.5) is 0 Å². The number of amides is 2. The molecular weight excluding hydrogens is 270 g/mol. The molecule has 2 atom stereocenters. The van der Waals surface area contributed by atoms with Gasteiger partial charge in [0.1, 0.15) is 12.1 Å². The van der Waals surface area contributed by atoms with Crippen LogP contribution in [-0.4, -0.2) is 74.1 Å². The van der Waals surface area contributed by atoms with Crippen LogP contribution in [0.3, 0.4) is 0 Å². The zero-order chi connectivity index (χ0) is 15.2. The Labute approximate surface area is 126 Å². The van der Waals surface area contributed by atoms with Crippen molar-refractivity contribution in [3.8, 4) is 0 Å². The van der Waals surface area contributed by atoms with Gasteiger partial charge in [-0.25, -0.2) is 0 Å². The predicted octanol–water partition coefficient (Wildman–Crippen LogP) is 0.224. The first kappa shape index (κ1) is 16.2. The van der Waals surface area contributed by atoms with Crippen LogP contribution in [0, 0.1) is 0 Å². The maximum absolute atomic E-state index is 12.6. The molecule has 2 unspecified atom stereocenters. The average Bonchev–Trinajstić information content (AvgIpc) is 3.05. The van der Waals surface area contributed by atoms with Crippen molar-refractivity contribution in [1.29, 1.82) is 0 Å². The maximum Gasteiger partial charge on any atom is 0.252 e. The van der Waals surface area contributed by atoms with Crippen molar-refractivity contribution in [3.05, 3.63) is 0 Å². The fourth-order valence-corrected chi connectivity index (χ4v) is 3.05. The van der Waals surface area contributed by atoms with E-state index in [-0.39, 0.29) is 24.0 Å². The fourth-order valence-electron chi connectivity index (χ4n) is 3.05. The Bertz CT molecular complexity index is 369. The number of carbonyl (C=O) groups is 2. The highest BCUT2D eigenvalue weighted by Crippen LogP contribution is 2.23. The Hall–Kier alpha value is -1.14. The van der Waals surface area contributed by atoms with E-state index >= 15 is 0 Å². The highest BCUT2D eigenvalue weighted by molar-refractivity contribution is 5.89. The van der Waals surface area contributed by atoms with Crippen LogP contribution in [0.1, 0.15) is 32.1 Å². The molecular formula is C15H27N3O3. The van der Waals surface area contributed by atoms with Crippen molar-refractivity contribution in [1.82, 2.24) is 15.1 Å². The van der Waals surface area contributed by atoms with Gasteiger partial charge in [-0.15, -0.1) is 0 Å². The molecule has 0 spiro atoms. The molecule has 2 aliphatic rings. The minimum Gasteiger partial charge on any atom is -0.368 e. The van der Waals surface area contributed by atoms with Crippen molar-refractivity contribution < 1.29 is 14.3 Å². The molecule has 2 saturated heterocycles. The summed E-state index contributed by atoms with van der Waals surface area (Å²) in [6.07, 6.45) is 4.13. The molecule has 2 fully saturated rings. The van der Waals surface area contributed by atoms with E-state index in [4.69, 9.17) is 4.74 Å². The van der Waals surface area contributed by atoms with E-state index in [2.05, 4.69) is 5.32 Å². The second kappa shape index (κ2) is 7.75. The molecule has 0 aliphatic carbocycles. The van der Waals surface area contributed by atoms with Crippen LogP contribution in [0.25, 0.3) is 0 Å². The summed E-state index contributed by atoms with van der Waals surface area (Å²) >= 11 is 0. The van der Waals surface area contributed by atoms with Gasteiger partial charge >= 0.3 is 0 Å². The van der Waals surface area contributed by atoms with E-state index in [9.17, 15) is 9.59 Å². The molecule has 0 bridgehead atoms. The Kier molecular flexibility index (Phi) is 5.99. The van der Waals surface area contributed by atoms with Crippen molar-refractivity contribution in [2.75, 3.05) is 40.3 Å². The Morgan fingerprint density at radius 2 is 2.10 bits per heavy atom. The molecule has 2 aliphatic heterocycles. The van der Waals surface area contributed by atoms with Crippen molar-refractivity contribution in [2.45, 2.75) is 44.2 Å². The van der Waals surface area contributed by atoms with Crippen molar-refractivity contribution in [3.63, 3.8) is 0 Å². The summed E-state index contributed by atoms with van der Waals surface area (Å²) in [5.41, 5.74) is 0. The van der Waals surface area contributed by atoms with Crippen LogP contribution in [0.15, 0.2) is 0 Å². The molecule has 21 heavy (non-hydrogen) atoms. The van der Waals surface area contributed by atoms with Crippen molar-refractivity contribution in [2.24, 2.45) is 0 Å². The number of hydrogen-bond acceptors (Lipinski definition) is 4. The molecule has 2 heterocycles. The molecule has 1 N–H and O–H groups in total. The van der Waals surface area contributed by atoms with Gasteiger partial charge in [-0.05, 0) is 39.2 Å². The monoisotopic (exact) mass is 297 g/mol. The first-order valence-electron chi connectivity index (χ1n) is 7.97. The molecule has 120 valence electrons. The van der Waals surface area contributed by atoms with Crippen LogP contribution < -0.4 is 5.32 Å². The van der Waals surface area contributed by atoms with Gasteiger partial charge in [0, 0.05) is 33.3 Å². The van der Waals surface area contributed by atoms with E-state index < -0.39 is 0 Å². The van der Waals surface area contributed by atoms with E-state index in [1.54, 1.807) is 9.80 Å². The van der Waals surface area contributed by atoms with Gasteiger partial charge in [-0.3, -0.25) is 9.59 Å². The quantitative estimate of drug-likeness (QED) is 0.789. The van der Waals surface area contributed by atoms with Crippen LogP contribution in [0.5, 0.6) is 0 Å². The minimum absolute atomic E-state index is 0.00701. The number of likely N-dealkylation sites (N-methyl/N-ethyl adjacent to an activating group) is 2. The molecule has 0 aromatic heterocycles. The third-order valence-electron chi connectivity index (χ3n) is 4.35. The van der Waals surface area contributed by atoms with Gasteiger partial charge in [0.25, 0.3) is 5.91 Å². The largest absolute Gasteiger partial charge is 0.368 e. The number of ether oxygens (including phenoxy) is 1. The third-order valence-corrected chi connectivity index (χ3v) is 4.35. The Morgan fingerprint density at radius 1 is 1.29 bits per heavy atom. The zero-order valence-electron chi connectivity index (χ0n) is 13.1. The maximum atomic E-state index is 12.6. The number of nitrogens with one attached hydrogen (secondary N) is 1. The molecule has 2 amide bonds. The normalized spacial score (nSPS) is 25.9. The SMILES string of the molecule is CNCCN(C)C(=O)C1CCCCN1C(=O)C1CCCO1. The highest BCUT2D eigenvalue weighted by atomic mass is 16.5. The topological polar surface area (TPSA) is 61.9 Å². The third kappa shape index (κ3) is 3.95. The first-order chi connectivity index (χ1) is 10.1. The van der Waals surface area contributed by atoms with Gasteiger partial charge in [0.15, 0.2) is 0 Å².